The highest BCUT2D eigenvalue weighted by Crippen LogP contribution is 2.39. The van der Waals surface area contributed by atoms with Crippen LogP contribution in [0.2, 0.25) is 0 Å². The Kier molecular flexibility index (Phi) is 3.49. The van der Waals surface area contributed by atoms with E-state index in [-0.39, 0.29) is 0 Å². The van der Waals surface area contributed by atoms with Gasteiger partial charge in [0.15, 0.2) is 0 Å². The number of hydrogen-bond acceptors (Lipinski definition) is 3. The van der Waals surface area contributed by atoms with Crippen molar-refractivity contribution in [3.63, 3.8) is 0 Å². The fraction of sp³-hybridized carbons (Fsp3) is 0.263. The number of pyridine rings is 1. The van der Waals surface area contributed by atoms with Gasteiger partial charge in [-0.05, 0) is 36.2 Å². The molecule has 0 atom stereocenters. The maximum absolute atomic E-state index is 11.4. The zero-order valence-electron chi connectivity index (χ0n) is 13.5. The molecule has 0 spiro atoms. The van der Waals surface area contributed by atoms with Gasteiger partial charge in [-0.3, -0.25) is 0 Å². The molecular formula is C19H18N2O3. The third-order valence-corrected chi connectivity index (χ3v) is 4.50. The summed E-state index contributed by atoms with van der Waals surface area (Å²) in [5, 5.41) is 10.4. The molecule has 4 rings (SSSR count). The number of aromatic carboxylic acids is 1. The summed E-state index contributed by atoms with van der Waals surface area (Å²) in [7, 11) is 0. The predicted octanol–water partition coefficient (Wildman–Crippen LogP) is 3.75. The van der Waals surface area contributed by atoms with Crippen molar-refractivity contribution in [3.8, 4) is 17.1 Å². The van der Waals surface area contributed by atoms with Crippen molar-refractivity contribution in [2.45, 2.75) is 26.3 Å². The lowest BCUT2D eigenvalue weighted by Crippen LogP contribution is -2.06. The van der Waals surface area contributed by atoms with Crippen LogP contribution in [0, 0.1) is 0 Å². The molecule has 0 fully saturated rings. The van der Waals surface area contributed by atoms with Crippen molar-refractivity contribution < 1.29 is 14.6 Å². The van der Waals surface area contributed by atoms with E-state index in [4.69, 9.17) is 4.74 Å². The molecule has 5 heteroatoms. The Hall–Kier alpha value is -2.82. The van der Waals surface area contributed by atoms with Crippen molar-refractivity contribution in [3.05, 3.63) is 47.7 Å². The average Bonchev–Trinajstić information content (AvgIpc) is 2.76. The van der Waals surface area contributed by atoms with E-state index < -0.39 is 5.97 Å². The number of fused-ring (bicyclic) bond motifs is 5. The van der Waals surface area contributed by atoms with Gasteiger partial charge in [0.05, 0.1) is 23.4 Å². The molecule has 0 unspecified atom stereocenters. The van der Waals surface area contributed by atoms with Gasteiger partial charge < -0.3 is 14.4 Å². The molecule has 0 bridgehead atoms. The molecule has 1 aliphatic rings. The zero-order chi connectivity index (χ0) is 16.7. The maximum atomic E-state index is 11.4. The smallest absolute Gasteiger partial charge is 0.335 e. The van der Waals surface area contributed by atoms with Gasteiger partial charge in [-0.1, -0.05) is 19.4 Å². The van der Waals surface area contributed by atoms with Gasteiger partial charge in [0.1, 0.15) is 6.61 Å². The van der Waals surface area contributed by atoms with E-state index in [1.807, 2.05) is 18.2 Å². The third kappa shape index (κ3) is 2.16. The summed E-state index contributed by atoms with van der Waals surface area (Å²) >= 11 is 0. The highest BCUT2D eigenvalue weighted by Gasteiger charge is 2.24. The summed E-state index contributed by atoms with van der Waals surface area (Å²) in [4.78, 5) is 15.7. The number of hydrogen-bond donors (Lipinski definition) is 1. The molecule has 0 amide bonds. The Balaban J connectivity index is 2.08. The van der Waals surface area contributed by atoms with E-state index in [0.29, 0.717) is 24.6 Å². The highest BCUT2D eigenvalue weighted by atomic mass is 16.5. The van der Waals surface area contributed by atoms with Crippen molar-refractivity contribution in [2.75, 3.05) is 6.61 Å². The summed E-state index contributed by atoms with van der Waals surface area (Å²) in [6.45, 7) is 3.34. The van der Waals surface area contributed by atoms with Crippen LogP contribution in [0.25, 0.3) is 22.2 Å². The largest absolute Gasteiger partial charge is 0.478 e. The molecule has 24 heavy (non-hydrogen) atoms. The number of carbonyl (C=O) groups is 1. The Labute approximate surface area is 139 Å². The summed E-state index contributed by atoms with van der Waals surface area (Å²) in [5.41, 5.74) is 4.58. The topological polar surface area (TPSA) is 64.4 Å². The van der Waals surface area contributed by atoms with Gasteiger partial charge in [0, 0.05) is 17.1 Å². The van der Waals surface area contributed by atoms with Gasteiger partial charge in [0.2, 0.25) is 5.88 Å². The normalized spacial score (nSPS) is 13.0. The number of benzene rings is 1. The number of carboxylic acids is 1. The zero-order valence-corrected chi connectivity index (χ0v) is 13.5. The quantitative estimate of drug-likeness (QED) is 0.797. The van der Waals surface area contributed by atoms with E-state index in [1.54, 1.807) is 18.3 Å². The number of ether oxygens (including phenoxy) is 1. The predicted molar refractivity (Wildman–Crippen MR) is 91.6 cm³/mol. The molecule has 122 valence electrons. The molecule has 1 aliphatic heterocycles. The number of aromatic nitrogens is 2. The molecule has 5 nitrogen and oxygen atoms in total. The van der Waals surface area contributed by atoms with Gasteiger partial charge in [-0.15, -0.1) is 0 Å². The van der Waals surface area contributed by atoms with Gasteiger partial charge >= 0.3 is 5.97 Å². The van der Waals surface area contributed by atoms with Crippen LogP contribution in [0.5, 0.6) is 5.88 Å². The number of aryl methyl sites for hydroxylation is 1. The Morgan fingerprint density at radius 3 is 3.04 bits per heavy atom. The van der Waals surface area contributed by atoms with Gasteiger partial charge in [-0.2, -0.15) is 0 Å². The van der Waals surface area contributed by atoms with Crippen LogP contribution in [0.15, 0.2) is 36.5 Å². The molecule has 1 aromatic carbocycles. The second-order valence-corrected chi connectivity index (χ2v) is 5.97. The van der Waals surface area contributed by atoms with Crippen molar-refractivity contribution in [1.29, 1.82) is 0 Å². The minimum Gasteiger partial charge on any atom is -0.478 e. The standard InChI is InChI=1S/C19H18N2O3/c1-2-4-14-13-7-6-12(19(22)23)11-16(13)21-9-10-24-18-15(17(14)21)5-3-8-20-18/h3,5-8,11H,2,4,9-10H2,1H3,(H,22,23). The lowest BCUT2D eigenvalue weighted by Gasteiger charge is -2.08. The number of rotatable bonds is 3. The van der Waals surface area contributed by atoms with Crippen LogP contribution in [-0.2, 0) is 13.0 Å². The van der Waals surface area contributed by atoms with E-state index >= 15 is 0 Å². The minimum absolute atomic E-state index is 0.308. The van der Waals surface area contributed by atoms with E-state index in [2.05, 4.69) is 16.5 Å². The molecule has 3 heterocycles. The molecule has 0 radical (unpaired) electrons. The molecule has 0 saturated heterocycles. The molecule has 2 aromatic heterocycles. The third-order valence-electron chi connectivity index (χ3n) is 4.50. The first kappa shape index (κ1) is 14.8. The van der Waals surface area contributed by atoms with E-state index in [1.165, 1.54) is 5.56 Å². The first-order chi connectivity index (χ1) is 11.7. The molecule has 1 N–H and O–H groups in total. The van der Waals surface area contributed by atoms with E-state index in [0.717, 1.165) is 35.0 Å². The summed E-state index contributed by atoms with van der Waals surface area (Å²) in [5.74, 6) is -0.258. The van der Waals surface area contributed by atoms with Crippen molar-refractivity contribution >= 4 is 16.9 Å². The van der Waals surface area contributed by atoms with Crippen LogP contribution in [-0.4, -0.2) is 27.2 Å². The van der Waals surface area contributed by atoms with Crippen LogP contribution in [0.3, 0.4) is 0 Å². The van der Waals surface area contributed by atoms with Crippen LogP contribution in [0.4, 0.5) is 0 Å². The van der Waals surface area contributed by atoms with Crippen LogP contribution < -0.4 is 4.74 Å². The fourth-order valence-corrected chi connectivity index (χ4v) is 3.52. The lowest BCUT2D eigenvalue weighted by atomic mass is 10.0. The maximum Gasteiger partial charge on any atom is 0.335 e. The Morgan fingerprint density at radius 2 is 2.25 bits per heavy atom. The van der Waals surface area contributed by atoms with Crippen molar-refractivity contribution in [1.82, 2.24) is 9.55 Å². The Morgan fingerprint density at radius 1 is 1.38 bits per heavy atom. The van der Waals surface area contributed by atoms with E-state index in [9.17, 15) is 9.90 Å². The SMILES string of the molecule is CCCc1c2n(c3cc(C(=O)O)ccc13)CCOc1ncccc1-2. The summed E-state index contributed by atoms with van der Waals surface area (Å²) < 4.78 is 7.98. The fourth-order valence-electron chi connectivity index (χ4n) is 3.52. The second kappa shape index (κ2) is 5.67. The number of nitrogens with zero attached hydrogens (tertiary/aromatic N) is 2. The minimum atomic E-state index is -0.906. The van der Waals surface area contributed by atoms with Crippen LogP contribution >= 0.6 is 0 Å². The van der Waals surface area contributed by atoms with Gasteiger partial charge in [-0.25, -0.2) is 9.78 Å². The molecule has 3 aromatic rings. The average molecular weight is 322 g/mol. The van der Waals surface area contributed by atoms with Crippen LogP contribution in [0.1, 0.15) is 29.3 Å². The monoisotopic (exact) mass is 322 g/mol. The first-order valence-electron chi connectivity index (χ1n) is 8.17. The molecule has 0 aliphatic carbocycles. The molecular weight excluding hydrogens is 304 g/mol. The number of carboxylic acid groups (broad SMARTS) is 1. The second-order valence-electron chi connectivity index (χ2n) is 5.97. The Bertz CT molecular complexity index is 943. The molecule has 0 saturated carbocycles. The summed E-state index contributed by atoms with van der Waals surface area (Å²) in [6.07, 6.45) is 3.68. The first-order valence-corrected chi connectivity index (χ1v) is 8.17. The van der Waals surface area contributed by atoms with Gasteiger partial charge in [0.25, 0.3) is 0 Å². The lowest BCUT2D eigenvalue weighted by molar-refractivity contribution is 0.0697. The highest BCUT2D eigenvalue weighted by molar-refractivity contribution is 5.98. The summed E-state index contributed by atoms with van der Waals surface area (Å²) in [6, 6.07) is 9.32. The van der Waals surface area contributed by atoms with Crippen molar-refractivity contribution in [2.24, 2.45) is 0 Å².